The molecule has 224 valence electrons. The van der Waals surface area contributed by atoms with E-state index in [1.54, 1.807) is 0 Å². The third-order valence-electron chi connectivity index (χ3n) is 8.51. The van der Waals surface area contributed by atoms with E-state index in [4.69, 9.17) is 4.74 Å². The van der Waals surface area contributed by atoms with Crippen LogP contribution >= 0.6 is 0 Å². The Labute approximate surface area is 239 Å². The van der Waals surface area contributed by atoms with E-state index in [9.17, 15) is 4.79 Å². The Morgan fingerprint density at radius 1 is 0.474 bits per heavy atom. The summed E-state index contributed by atoms with van der Waals surface area (Å²) in [5, 5.41) is 0. The molecule has 0 saturated heterocycles. The standard InChI is InChI=1S/C36H68O2/c1-35-32-30-28-26-24-22-20-18-16-14-12-10-8-6-4-2-3-5-7-9-11-13-15-17-19-21-23-25-27-29-31-33-36(37)38-34-35/h20,22,35H,2-19,21,23-34H2,1H3/b22-20-. The largest absolute Gasteiger partial charge is 0.465 e. The maximum atomic E-state index is 12.0. The Kier molecular flexibility index (Phi) is 27.1. The average Bonchev–Trinajstić information content (AvgIpc) is 2.92. The predicted molar refractivity (Wildman–Crippen MR) is 168 cm³/mol. The number of cyclic esters (lactones) is 1. The van der Waals surface area contributed by atoms with Crippen LogP contribution in [0.25, 0.3) is 0 Å². The zero-order chi connectivity index (χ0) is 27.2. The summed E-state index contributed by atoms with van der Waals surface area (Å²) < 4.78 is 5.54. The molecule has 38 heavy (non-hydrogen) atoms. The molecule has 1 atom stereocenters. The summed E-state index contributed by atoms with van der Waals surface area (Å²) in [5.41, 5.74) is 0. The first kappa shape index (κ1) is 35.2. The van der Waals surface area contributed by atoms with Gasteiger partial charge in [-0.2, -0.15) is 0 Å². The number of rotatable bonds is 0. The number of allylic oxidation sites excluding steroid dienone is 2. The Balaban J connectivity index is 2.14. The van der Waals surface area contributed by atoms with Gasteiger partial charge in [0.05, 0.1) is 6.61 Å². The smallest absolute Gasteiger partial charge is 0.305 e. The summed E-state index contributed by atoms with van der Waals surface area (Å²) in [5.74, 6) is 0.511. The molecule has 2 heteroatoms. The molecular weight excluding hydrogens is 464 g/mol. The highest BCUT2D eigenvalue weighted by Gasteiger charge is 2.07. The number of carbonyl (C=O) groups is 1. The monoisotopic (exact) mass is 533 g/mol. The first-order valence-electron chi connectivity index (χ1n) is 17.6. The zero-order valence-corrected chi connectivity index (χ0v) is 26.0. The lowest BCUT2D eigenvalue weighted by atomic mass is 10.0. The van der Waals surface area contributed by atoms with Gasteiger partial charge in [-0.05, 0) is 44.4 Å². The van der Waals surface area contributed by atoms with Gasteiger partial charge in [-0.15, -0.1) is 0 Å². The van der Waals surface area contributed by atoms with Crippen LogP contribution in [0.5, 0.6) is 0 Å². The van der Waals surface area contributed by atoms with Gasteiger partial charge in [-0.1, -0.05) is 167 Å². The first-order valence-corrected chi connectivity index (χ1v) is 17.6. The van der Waals surface area contributed by atoms with Gasteiger partial charge in [-0.3, -0.25) is 4.79 Å². The lowest BCUT2D eigenvalue weighted by Crippen LogP contribution is -2.11. The number of hydrogen-bond donors (Lipinski definition) is 0. The van der Waals surface area contributed by atoms with Crippen LogP contribution in [-0.4, -0.2) is 12.6 Å². The van der Waals surface area contributed by atoms with Crippen LogP contribution in [0, 0.1) is 5.92 Å². The summed E-state index contributed by atoms with van der Waals surface area (Å²) in [6, 6.07) is 0. The quantitative estimate of drug-likeness (QED) is 0.229. The van der Waals surface area contributed by atoms with Crippen molar-refractivity contribution in [3.05, 3.63) is 12.2 Å². The van der Waals surface area contributed by atoms with Gasteiger partial charge in [0.15, 0.2) is 0 Å². The molecule has 2 nitrogen and oxygen atoms in total. The molecule has 0 saturated carbocycles. The summed E-state index contributed by atoms with van der Waals surface area (Å²) in [4.78, 5) is 12.0. The highest BCUT2D eigenvalue weighted by atomic mass is 16.5. The molecule has 0 aromatic carbocycles. The molecule has 1 heterocycles. The van der Waals surface area contributed by atoms with Gasteiger partial charge in [-0.25, -0.2) is 0 Å². The van der Waals surface area contributed by atoms with Crippen LogP contribution in [0.2, 0.25) is 0 Å². The molecular formula is C36H68O2. The molecule has 1 rings (SSSR count). The lowest BCUT2D eigenvalue weighted by molar-refractivity contribution is -0.145. The molecule has 0 aromatic rings. The van der Waals surface area contributed by atoms with Gasteiger partial charge < -0.3 is 4.74 Å². The predicted octanol–water partition coefficient (Wildman–Crippen LogP) is 12.4. The highest BCUT2D eigenvalue weighted by Crippen LogP contribution is 2.17. The van der Waals surface area contributed by atoms with Gasteiger partial charge in [0.25, 0.3) is 0 Å². The van der Waals surface area contributed by atoms with Crippen LogP contribution < -0.4 is 0 Å². The van der Waals surface area contributed by atoms with E-state index >= 15 is 0 Å². The van der Waals surface area contributed by atoms with E-state index in [0.29, 0.717) is 18.9 Å². The van der Waals surface area contributed by atoms with Crippen molar-refractivity contribution in [2.75, 3.05) is 6.61 Å². The molecule has 0 bridgehead atoms. The Morgan fingerprint density at radius 2 is 0.789 bits per heavy atom. The second-order valence-electron chi connectivity index (χ2n) is 12.6. The summed E-state index contributed by atoms with van der Waals surface area (Å²) >= 11 is 0. The van der Waals surface area contributed by atoms with Crippen molar-refractivity contribution in [2.24, 2.45) is 5.92 Å². The minimum atomic E-state index is 0.0187. The molecule has 0 aliphatic carbocycles. The number of ether oxygens (including phenoxy) is 1. The Bertz CT molecular complexity index is 511. The van der Waals surface area contributed by atoms with Crippen molar-refractivity contribution in [1.29, 1.82) is 0 Å². The number of esters is 1. The highest BCUT2D eigenvalue weighted by molar-refractivity contribution is 5.69. The number of hydrogen-bond acceptors (Lipinski definition) is 2. The SMILES string of the molecule is CC1CCCCC/C=C\CCCCCCCCCCCCCCCCCCCCCCCCCC(=O)OC1. The molecule has 1 aliphatic rings. The molecule has 0 N–H and O–H groups in total. The average molecular weight is 533 g/mol. The van der Waals surface area contributed by atoms with E-state index in [2.05, 4.69) is 19.1 Å². The van der Waals surface area contributed by atoms with Gasteiger partial charge >= 0.3 is 5.97 Å². The zero-order valence-electron chi connectivity index (χ0n) is 26.0. The molecule has 0 amide bonds. The van der Waals surface area contributed by atoms with Crippen molar-refractivity contribution < 1.29 is 9.53 Å². The lowest BCUT2D eigenvalue weighted by Gasteiger charge is -2.12. The van der Waals surface area contributed by atoms with E-state index in [-0.39, 0.29) is 5.97 Å². The van der Waals surface area contributed by atoms with Gasteiger partial charge in [0.2, 0.25) is 0 Å². The Morgan fingerprint density at radius 3 is 1.18 bits per heavy atom. The van der Waals surface area contributed by atoms with Crippen LogP contribution in [0.3, 0.4) is 0 Å². The first-order chi connectivity index (χ1) is 18.8. The summed E-state index contributed by atoms with van der Waals surface area (Å²) in [7, 11) is 0. The maximum absolute atomic E-state index is 12.0. The number of carbonyl (C=O) groups excluding carboxylic acids is 1. The van der Waals surface area contributed by atoms with Crippen LogP contribution in [0.4, 0.5) is 0 Å². The van der Waals surface area contributed by atoms with E-state index < -0.39 is 0 Å². The molecule has 0 aromatic heterocycles. The fourth-order valence-electron chi connectivity index (χ4n) is 5.80. The molecule has 1 aliphatic heterocycles. The topological polar surface area (TPSA) is 26.3 Å². The van der Waals surface area contributed by atoms with Crippen LogP contribution in [0.1, 0.15) is 200 Å². The second-order valence-corrected chi connectivity index (χ2v) is 12.6. The Hall–Kier alpha value is -0.790. The van der Waals surface area contributed by atoms with Crippen molar-refractivity contribution in [3.63, 3.8) is 0 Å². The molecule has 1 unspecified atom stereocenters. The van der Waals surface area contributed by atoms with Crippen LogP contribution in [-0.2, 0) is 9.53 Å². The van der Waals surface area contributed by atoms with Gasteiger partial charge in [0.1, 0.15) is 0 Å². The third-order valence-corrected chi connectivity index (χ3v) is 8.51. The molecule has 0 fully saturated rings. The molecule has 0 spiro atoms. The molecule has 0 radical (unpaired) electrons. The van der Waals surface area contributed by atoms with Crippen molar-refractivity contribution >= 4 is 5.97 Å². The fraction of sp³-hybridized carbons (Fsp3) is 0.917. The van der Waals surface area contributed by atoms with Gasteiger partial charge in [0, 0.05) is 6.42 Å². The minimum Gasteiger partial charge on any atom is -0.465 e. The van der Waals surface area contributed by atoms with E-state index in [1.807, 2.05) is 0 Å². The second kappa shape index (κ2) is 29.2. The minimum absolute atomic E-state index is 0.0187. The van der Waals surface area contributed by atoms with Crippen LogP contribution in [0.15, 0.2) is 12.2 Å². The van der Waals surface area contributed by atoms with Crippen molar-refractivity contribution in [1.82, 2.24) is 0 Å². The van der Waals surface area contributed by atoms with E-state index in [0.717, 1.165) is 6.42 Å². The summed E-state index contributed by atoms with van der Waals surface area (Å²) in [6.07, 6.45) is 45.1. The third kappa shape index (κ3) is 26.8. The van der Waals surface area contributed by atoms with Crippen molar-refractivity contribution in [3.8, 4) is 0 Å². The normalized spacial score (nSPS) is 25.6. The fourth-order valence-corrected chi connectivity index (χ4v) is 5.80. The van der Waals surface area contributed by atoms with E-state index in [1.165, 1.54) is 180 Å². The summed E-state index contributed by atoms with van der Waals surface area (Å²) in [6.45, 7) is 2.84. The van der Waals surface area contributed by atoms with Crippen molar-refractivity contribution in [2.45, 2.75) is 200 Å². The maximum Gasteiger partial charge on any atom is 0.305 e.